The lowest BCUT2D eigenvalue weighted by Gasteiger charge is -2.04. The number of unbranched alkanes of at least 4 members (excludes halogenated alkanes) is 5. The average Bonchev–Trinajstić information content (AvgIpc) is 2.94. The van der Waals surface area contributed by atoms with Crippen molar-refractivity contribution in [2.24, 2.45) is 0 Å². The van der Waals surface area contributed by atoms with Crippen LogP contribution in [0.5, 0.6) is 0 Å². The summed E-state index contributed by atoms with van der Waals surface area (Å²) in [7, 11) is -1.42. The van der Waals surface area contributed by atoms with Crippen molar-refractivity contribution in [3.05, 3.63) is 17.0 Å². The van der Waals surface area contributed by atoms with Crippen LogP contribution in [0.15, 0.2) is 16.3 Å². The normalized spacial score (nSPS) is 11.9. The molecule has 0 bridgehead atoms. The molecule has 1 rings (SSSR count). The van der Waals surface area contributed by atoms with Gasteiger partial charge in [-0.1, -0.05) is 39.0 Å². The SMILES string of the molecule is CCCCCCCCNS(=O)(=O)c1ccc(CCNC)s1. The van der Waals surface area contributed by atoms with Crippen LogP contribution in [0.25, 0.3) is 0 Å². The largest absolute Gasteiger partial charge is 0.319 e. The van der Waals surface area contributed by atoms with Crippen LogP contribution >= 0.6 is 11.3 Å². The van der Waals surface area contributed by atoms with Crippen LogP contribution < -0.4 is 10.0 Å². The first-order valence-corrected chi connectivity index (χ1v) is 10.1. The van der Waals surface area contributed by atoms with Gasteiger partial charge in [0.05, 0.1) is 0 Å². The number of hydrogen-bond donors (Lipinski definition) is 2. The van der Waals surface area contributed by atoms with Crippen molar-refractivity contribution in [3.8, 4) is 0 Å². The highest BCUT2D eigenvalue weighted by atomic mass is 32.2. The van der Waals surface area contributed by atoms with Crippen LogP contribution in [-0.2, 0) is 16.4 Å². The van der Waals surface area contributed by atoms with Crippen LogP contribution in [0.3, 0.4) is 0 Å². The van der Waals surface area contributed by atoms with Crippen molar-refractivity contribution in [2.75, 3.05) is 20.1 Å². The molecule has 0 aliphatic carbocycles. The number of nitrogens with one attached hydrogen (secondary N) is 2. The van der Waals surface area contributed by atoms with Gasteiger partial charge in [0.2, 0.25) is 10.0 Å². The fourth-order valence-electron chi connectivity index (χ4n) is 2.07. The van der Waals surface area contributed by atoms with Crippen LogP contribution in [-0.4, -0.2) is 28.6 Å². The minimum atomic E-state index is -3.31. The summed E-state index contributed by atoms with van der Waals surface area (Å²) >= 11 is 1.36. The second-order valence-electron chi connectivity index (χ2n) is 5.24. The Balaban J connectivity index is 2.31. The molecular weight excluding hydrogens is 304 g/mol. The molecular formula is C15H28N2O2S2. The predicted octanol–water partition coefficient (Wildman–Crippen LogP) is 3.15. The summed E-state index contributed by atoms with van der Waals surface area (Å²) in [6.07, 6.45) is 7.85. The molecule has 0 amide bonds. The minimum absolute atomic E-state index is 0.430. The van der Waals surface area contributed by atoms with E-state index in [1.165, 1.54) is 37.0 Å². The number of sulfonamides is 1. The highest BCUT2D eigenvalue weighted by Gasteiger charge is 2.15. The number of likely N-dealkylation sites (N-methyl/N-ethyl adjacent to an activating group) is 1. The molecule has 0 spiro atoms. The Kier molecular flexibility index (Phi) is 9.15. The van der Waals surface area contributed by atoms with E-state index < -0.39 is 10.0 Å². The van der Waals surface area contributed by atoms with Gasteiger partial charge >= 0.3 is 0 Å². The molecule has 0 saturated carbocycles. The molecule has 0 aliphatic heterocycles. The Bertz CT molecular complexity index is 484. The maximum atomic E-state index is 12.1. The zero-order valence-electron chi connectivity index (χ0n) is 13.2. The maximum absolute atomic E-state index is 12.1. The number of rotatable bonds is 12. The number of hydrogen-bond acceptors (Lipinski definition) is 4. The Hall–Kier alpha value is -0.430. The van der Waals surface area contributed by atoms with Crippen LogP contribution in [0.4, 0.5) is 0 Å². The zero-order chi connectivity index (χ0) is 15.6. The Morgan fingerprint density at radius 1 is 1.05 bits per heavy atom. The van der Waals surface area contributed by atoms with Crippen molar-refractivity contribution in [1.82, 2.24) is 10.0 Å². The van der Waals surface area contributed by atoms with Gasteiger partial charge in [0.15, 0.2) is 0 Å². The molecule has 0 aromatic carbocycles. The topological polar surface area (TPSA) is 58.2 Å². The van der Waals surface area contributed by atoms with E-state index in [0.717, 1.165) is 30.7 Å². The van der Waals surface area contributed by atoms with Gasteiger partial charge in [-0.05, 0) is 38.6 Å². The summed E-state index contributed by atoms with van der Waals surface area (Å²) in [4.78, 5) is 1.10. The molecule has 0 radical (unpaired) electrons. The lowest BCUT2D eigenvalue weighted by Crippen LogP contribution is -2.23. The van der Waals surface area contributed by atoms with Gasteiger partial charge in [-0.3, -0.25) is 0 Å². The molecule has 0 aliphatic rings. The summed E-state index contributed by atoms with van der Waals surface area (Å²) < 4.78 is 27.4. The summed E-state index contributed by atoms with van der Waals surface area (Å²) in [6, 6.07) is 3.61. The molecule has 21 heavy (non-hydrogen) atoms. The third kappa shape index (κ3) is 7.40. The molecule has 1 aromatic rings. The Morgan fingerprint density at radius 2 is 1.76 bits per heavy atom. The van der Waals surface area contributed by atoms with Gasteiger partial charge in [0.1, 0.15) is 4.21 Å². The number of thiophene rings is 1. The minimum Gasteiger partial charge on any atom is -0.319 e. The van der Waals surface area contributed by atoms with Gasteiger partial charge < -0.3 is 5.32 Å². The van der Waals surface area contributed by atoms with Crippen molar-refractivity contribution in [2.45, 2.75) is 56.1 Å². The third-order valence-corrected chi connectivity index (χ3v) is 6.44. The van der Waals surface area contributed by atoms with Gasteiger partial charge in [-0.15, -0.1) is 11.3 Å². The molecule has 0 unspecified atom stereocenters. The van der Waals surface area contributed by atoms with Crippen LogP contribution in [0.1, 0.15) is 50.3 Å². The lowest BCUT2D eigenvalue weighted by molar-refractivity contribution is 0.569. The molecule has 1 aromatic heterocycles. The summed E-state index contributed by atoms with van der Waals surface area (Å²) in [5.41, 5.74) is 0. The van der Waals surface area contributed by atoms with E-state index >= 15 is 0 Å². The van der Waals surface area contributed by atoms with Crippen molar-refractivity contribution in [1.29, 1.82) is 0 Å². The van der Waals surface area contributed by atoms with E-state index in [4.69, 9.17) is 0 Å². The van der Waals surface area contributed by atoms with Gasteiger partial charge in [0.25, 0.3) is 0 Å². The van der Waals surface area contributed by atoms with Crippen LogP contribution in [0.2, 0.25) is 0 Å². The zero-order valence-corrected chi connectivity index (χ0v) is 14.8. The molecule has 122 valence electrons. The van der Waals surface area contributed by atoms with E-state index in [2.05, 4.69) is 17.0 Å². The maximum Gasteiger partial charge on any atom is 0.250 e. The van der Waals surface area contributed by atoms with Crippen molar-refractivity contribution >= 4 is 21.4 Å². The molecule has 0 atom stereocenters. The van der Waals surface area contributed by atoms with E-state index in [0.29, 0.717) is 10.8 Å². The van der Waals surface area contributed by atoms with Crippen molar-refractivity contribution in [3.63, 3.8) is 0 Å². The summed E-state index contributed by atoms with van der Waals surface area (Å²) in [5.74, 6) is 0. The molecule has 4 nitrogen and oxygen atoms in total. The lowest BCUT2D eigenvalue weighted by atomic mass is 10.1. The average molecular weight is 333 g/mol. The molecule has 0 fully saturated rings. The Morgan fingerprint density at radius 3 is 2.48 bits per heavy atom. The first kappa shape index (κ1) is 18.6. The van der Waals surface area contributed by atoms with E-state index in [1.807, 2.05) is 13.1 Å². The smallest absolute Gasteiger partial charge is 0.250 e. The van der Waals surface area contributed by atoms with Gasteiger partial charge in [-0.25, -0.2) is 13.1 Å². The standard InChI is InChI=1S/C15H28N2O2S2/c1-3-4-5-6-7-8-12-17-21(18,19)15-10-9-14(20-15)11-13-16-2/h9-10,16-17H,3-8,11-13H2,1-2H3. The third-order valence-electron chi connectivity index (χ3n) is 3.35. The molecule has 2 N–H and O–H groups in total. The highest BCUT2D eigenvalue weighted by molar-refractivity contribution is 7.91. The first-order valence-electron chi connectivity index (χ1n) is 7.83. The first-order chi connectivity index (χ1) is 10.1. The van der Waals surface area contributed by atoms with Gasteiger partial charge in [-0.2, -0.15) is 0 Å². The van der Waals surface area contributed by atoms with Crippen molar-refractivity contribution < 1.29 is 8.42 Å². The predicted molar refractivity (Wildman–Crippen MR) is 90.5 cm³/mol. The van der Waals surface area contributed by atoms with E-state index in [1.54, 1.807) is 6.07 Å². The van der Waals surface area contributed by atoms with E-state index in [9.17, 15) is 8.42 Å². The molecule has 6 heteroatoms. The fraction of sp³-hybridized carbons (Fsp3) is 0.733. The van der Waals surface area contributed by atoms with Gasteiger partial charge in [0, 0.05) is 11.4 Å². The fourth-order valence-corrected chi connectivity index (χ4v) is 4.54. The molecule has 1 heterocycles. The second kappa shape index (κ2) is 10.3. The summed E-state index contributed by atoms with van der Waals surface area (Å²) in [5, 5.41) is 3.07. The summed E-state index contributed by atoms with van der Waals surface area (Å²) in [6.45, 7) is 3.60. The highest BCUT2D eigenvalue weighted by Crippen LogP contribution is 2.21. The monoisotopic (exact) mass is 332 g/mol. The quantitative estimate of drug-likeness (QED) is 0.578. The van der Waals surface area contributed by atoms with Crippen LogP contribution in [0, 0.1) is 0 Å². The molecule has 0 saturated heterocycles. The van der Waals surface area contributed by atoms with E-state index in [-0.39, 0.29) is 0 Å². The second-order valence-corrected chi connectivity index (χ2v) is 8.40. The Labute approximate surface area is 133 Å².